The summed E-state index contributed by atoms with van der Waals surface area (Å²) in [5.41, 5.74) is 0.728. The van der Waals surface area contributed by atoms with E-state index in [1.807, 2.05) is 18.2 Å². The van der Waals surface area contributed by atoms with Gasteiger partial charge in [-0.25, -0.2) is 9.37 Å². The summed E-state index contributed by atoms with van der Waals surface area (Å²) in [5, 5.41) is 0.880. The lowest BCUT2D eigenvalue weighted by Gasteiger charge is -2.00. The van der Waals surface area contributed by atoms with Crippen LogP contribution in [0.15, 0.2) is 28.9 Å². The topological polar surface area (TPSA) is 35.0 Å². The molecule has 3 nitrogen and oxygen atoms in total. The highest BCUT2D eigenvalue weighted by Gasteiger charge is 2.00. The number of halogens is 2. The van der Waals surface area contributed by atoms with E-state index in [1.165, 1.54) is 0 Å². The van der Waals surface area contributed by atoms with E-state index in [2.05, 4.69) is 30.6 Å². The Morgan fingerprint density at radius 3 is 3.07 bits per heavy atom. The molecule has 2 aromatic rings. The smallest absolute Gasteiger partial charge is 0.319 e. The van der Waals surface area contributed by atoms with Gasteiger partial charge in [-0.3, -0.25) is 0 Å². The number of ether oxygens (including phenoxy) is 1. The third kappa shape index (κ3) is 1.82. The predicted molar refractivity (Wildman–Crippen MR) is 53.8 cm³/mol. The molecule has 0 saturated heterocycles. The Bertz CT molecular complexity index is 464. The highest BCUT2D eigenvalue weighted by Crippen LogP contribution is 2.18. The summed E-state index contributed by atoms with van der Waals surface area (Å²) in [7, 11) is 0. The van der Waals surface area contributed by atoms with Crippen molar-refractivity contribution < 1.29 is 9.13 Å². The SMILES string of the molecule is FCOc1ncc2cc(Br)ccc2n1. The van der Waals surface area contributed by atoms with Crippen molar-refractivity contribution >= 4 is 26.8 Å². The molecular weight excluding hydrogens is 251 g/mol. The third-order valence-electron chi connectivity index (χ3n) is 1.70. The van der Waals surface area contributed by atoms with Gasteiger partial charge in [-0.15, -0.1) is 0 Å². The van der Waals surface area contributed by atoms with Gasteiger partial charge in [-0.2, -0.15) is 4.98 Å². The number of alkyl halides is 1. The Morgan fingerprint density at radius 1 is 1.43 bits per heavy atom. The van der Waals surface area contributed by atoms with Gasteiger partial charge in [0.15, 0.2) is 0 Å². The molecule has 0 N–H and O–H groups in total. The van der Waals surface area contributed by atoms with Crippen LogP contribution in [0.1, 0.15) is 0 Å². The van der Waals surface area contributed by atoms with Crippen LogP contribution in [-0.2, 0) is 0 Å². The normalized spacial score (nSPS) is 10.4. The van der Waals surface area contributed by atoms with Gasteiger partial charge in [0, 0.05) is 16.1 Å². The quantitative estimate of drug-likeness (QED) is 0.829. The van der Waals surface area contributed by atoms with Crippen molar-refractivity contribution in [3.05, 3.63) is 28.9 Å². The van der Waals surface area contributed by atoms with Crippen molar-refractivity contribution in [2.75, 3.05) is 6.86 Å². The minimum atomic E-state index is -0.915. The zero-order chi connectivity index (χ0) is 9.97. The van der Waals surface area contributed by atoms with Crippen LogP contribution in [0, 0.1) is 0 Å². The lowest BCUT2D eigenvalue weighted by atomic mass is 10.2. The van der Waals surface area contributed by atoms with E-state index >= 15 is 0 Å². The molecule has 2 rings (SSSR count). The zero-order valence-corrected chi connectivity index (χ0v) is 8.66. The van der Waals surface area contributed by atoms with Crippen LogP contribution in [-0.4, -0.2) is 16.8 Å². The second-order valence-electron chi connectivity index (χ2n) is 2.61. The van der Waals surface area contributed by atoms with Crippen LogP contribution in [0.25, 0.3) is 10.9 Å². The van der Waals surface area contributed by atoms with Gasteiger partial charge in [0.2, 0.25) is 6.86 Å². The molecule has 5 heteroatoms. The minimum absolute atomic E-state index is 0.0577. The van der Waals surface area contributed by atoms with Crippen LogP contribution in [0.3, 0.4) is 0 Å². The molecule has 0 aliphatic carbocycles. The molecule has 0 aliphatic heterocycles. The van der Waals surface area contributed by atoms with Crippen LogP contribution < -0.4 is 4.74 Å². The number of aromatic nitrogens is 2. The lowest BCUT2D eigenvalue weighted by molar-refractivity contribution is 0.178. The fourth-order valence-corrected chi connectivity index (χ4v) is 1.48. The average Bonchev–Trinajstić information content (AvgIpc) is 2.19. The number of hydrogen-bond donors (Lipinski definition) is 0. The monoisotopic (exact) mass is 256 g/mol. The zero-order valence-electron chi connectivity index (χ0n) is 7.08. The molecule has 1 aromatic heterocycles. The summed E-state index contributed by atoms with van der Waals surface area (Å²) in [5.74, 6) is 0. The highest BCUT2D eigenvalue weighted by molar-refractivity contribution is 9.10. The van der Waals surface area contributed by atoms with E-state index in [0.717, 1.165) is 15.4 Å². The van der Waals surface area contributed by atoms with E-state index in [4.69, 9.17) is 0 Å². The lowest BCUT2D eigenvalue weighted by Crippen LogP contribution is -1.96. The first kappa shape index (κ1) is 9.33. The van der Waals surface area contributed by atoms with E-state index in [1.54, 1.807) is 6.20 Å². The molecule has 0 aliphatic rings. The minimum Gasteiger partial charge on any atom is -0.431 e. The molecule has 0 radical (unpaired) electrons. The van der Waals surface area contributed by atoms with Gasteiger partial charge >= 0.3 is 6.01 Å². The largest absolute Gasteiger partial charge is 0.431 e. The molecule has 1 aromatic carbocycles. The third-order valence-corrected chi connectivity index (χ3v) is 2.20. The van der Waals surface area contributed by atoms with Gasteiger partial charge in [0.1, 0.15) is 0 Å². The Labute approximate surface area is 88.1 Å². The first-order valence-corrected chi connectivity index (χ1v) is 4.70. The molecule has 0 spiro atoms. The maximum Gasteiger partial charge on any atom is 0.319 e. The number of fused-ring (bicyclic) bond motifs is 1. The van der Waals surface area contributed by atoms with Gasteiger partial charge in [0.05, 0.1) is 5.52 Å². The fraction of sp³-hybridized carbons (Fsp3) is 0.111. The van der Waals surface area contributed by atoms with Crippen molar-refractivity contribution in [2.24, 2.45) is 0 Å². The molecule has 1 heterocycles. The standard InChI is InChI=1S/C9H6BrFN2O/c10-7-1-2-8-6(3-7)4-12-9(13-8)14-5-11/h1-4H,5H2. The van der Waals surface area contributed by atoms with Crippen molar-refractivity contribution in [1.29, 1.82) is 0 Å². The maximum atomic E-state index is 11.8. The van der Waals surface area contributed by atoms with E-state index in [0.29, 0.717) is 0 Å². The Hall–Kier alpha value is -1.23. The second kappa shape index (κ2) is 3.88. The number of nitrogens with zero attached hydrogens (tertiary/aromatic N) is 2. The van der Waals surface area contributed by atoms with Crippen molar-refractivity contribution in [1.82, 2.24) is 9.97 Å². The van der Waals surface area contributed by atoms with Crippen LogP contribution >= 0.6 is 15.9 Å². The second-order valence-corrected chi connectivity index (χ2v) is 3.52. The van der Waals surface area contributed by atoms with Crippen molar-refractivity contribution in [2.45, 2.75) is 0 Å². The maximum absolute atomic E-state index is 11.8. The fourth-order valence-electron chi connectivity index (χ4n) is 1.11. The van der Waals surface area contributed by atoms with Crippen LogP contribution in [0.5, 0.6) is 6.01 Å². The molecule has 0 saturated carbocycles. The highest BCUT2D eigenvalue weighted by atomic mass is 79.9. The van der Waals surface area contributed by atoms with Gasteiger partial charge in [0.25, 0.3) is 0 Å². The van der Waals surface area contributed by atoms with Crippen molar-refractivity contribution in [3.63, 3.8) is 0 Å². The number of rotatable bonds is 2. The van der Waals surface area contributed by atoms with Gasteiger partial charge in [-0.05, 0) is 18.2 Å². The molecule has 0 atom stereocenters. The Balaban J connectivity index is 2.50. The van der Waals surface area contributed by atoms with Gasteiger partial charge in [-0.1, -0.05) is 15.9 Å². The molecule has 14 heavy (non-hydrogen) atoms. The summed E-state index contributed by atoms with van der Waals surface area (Å²) >= 11 is 3.33. The molecule has 0 amide bonds. The number of hydrogen-bond acceptors (Lipinski definition) is 3. The molecule has 0 unspecified atom stereocenters. The van der Waals surface area contributed by atoms with Crippen LogP contribution in [0.4, 0.5) is 4.39 Å². The Morgan fingerprint density at radius 2 is 2.29 bits per heavy atom. The summed E-state index contributed by atoms with van der Waals surface area (Å²) in [6.07, 6.45) is 1.60. The molecular formula is C9H6BrFN2O. The van der Waals surface area contributed by atoms with E-state index in [9.17, 15) is 4.39 Å². The van der Waals surface area contributed by atoms with E-state index in [-0.39, 0.29) is 6.01 Å². The Kier molecular flexibility index (Phi) is 2.58. The molecule has 0 bridgehead atoms. The molecule has 0 fully saturated rings. The summed E-state index contributed by atoms with van der Waals surface area (Å²) in [6.45, 7) is -0.915. The summed E-state index contributed by atoms with van der Waals surface area (Å²) < 4.78 is 17.3. The van der Waals surface area contributed by atoms with E-state index < -0.39 is 6.86 Å². The summed E-state index contributed by atoms with van der Waals surface area (Å²) in [4.78, 5) is 7.86. The first-order chi connectivity index (χ1) is 6.79. The van der Waals surface area contributed by atoms with Crippen molar-refractivity contribution in [3.8, 4) is 6.01 Å². The molecule has 72 valence electrons. The van der Waals surface area contributed by atoms with Crippen LogP contribution in [0.2, 0.25) is 0 Å². The summed E-state index contributed by atoms with van der Waals surface area (Å²) in [6, 6.07) is 5.61. The number of benzene rings is 1. The average molecular weight is 257 g/mol. The van der Waals surface area contributed by atoms with Gasteiger partial charge < -0.3 is 4.74 Å². The predicted octanol–water partition coefficient (Wildman–Crippen LogP) is 2.70. The first-order valence-electron chi connectivity index (χ1n) is 3.90.